The lowest BCUT2D eigenvalue weighted by molar-refractivity contribution is -0.121. The van der Waals surface area contributed by atoms with Gasteiger partial charge in [0.05, 0.1) is 7.11 Å². The molecule has 0 saturated carbocycles. The summed E-state index contributed by atoms with van der Waals surface area (Å²) in [5.74, 6) is 0.823. The van der Waals surface area contributed by atoms with Gasteiger partial charge in [0.15, 0.2) is 0 Å². The second kappa shape index (κ2) is 8.80. The maximum Gasteiger partial charge on any atom is 0.220 e. The van der Waals surface area contributed by atoms with Gasteiger partial charge < -0.3 is 10.1 Å². The molecule has 122 valence electrons. The fourth-order valence-electron chi connectivity index (χ4n) is 2.24. The van der Waals surface area contributed by atoms with Gasteiger partial charge in [-0.25, -0.2) is 0 Å². The molecule has 5 heteroatoms. The van der Waals surface area contributed by atoms with Gasteiger partial charge >= 0.3 is 0 Å². The lowest BCUT2D eigenvalue weighted by Crippen LogP contribution is -2.25. The van der Waals surface area contributed by atoms with E-state index in [0.717, 1.165) is 23.3 Å². The standard InChI is InChI=1S/C18H19Cl2NO2/c1-23-14-7-5-13(6-8-14)11-12-21-18(22)10-9-15-16(19)3-2-4-17(15)20/h2-8H,9-12H2,1H3,(H,21,22). The van der Waals surface area contributed by atoms with E-state index in [-0.39, 0.29) is 5.91 Å². The van der Waals surface area contributed by atoms with Gasteiger partial charge in [-0.05, 0) is 48.2 Å². The molecule has 23 heavy (non-hydrogen) atoms. The SMILES string of the molecule is COc1ccc(CCNC(=O)CCc2c(Cl)cccc2Cl)cc1. The molecule has 0 aliphatic rings. The third-order valence-electron chi connectivity index (χ3n) is 3.56. The normalized spacial score (nSPS) is 10.4. The number of ether oxygens (including phenoxy) is 1. The van der Waals surface area contributed by atoms with Gasteiger partial charge in [-0.15, -0.1) is 0 Å². The van der Waals surface area contributed by atoms with Crippen molar-refractivity contribution in [1.82, 2.24) is 5.32 Å². The summed E-state index contributed by atoms with van der Waals surface area (Å²) < 4.78 is 5.11. The van der Waals surface area contributed by atoms with Crippen molar-refractivity contribution in [3.63, 3.8) is 0 Å². The van der Waals surface area contributed by atoms with E-state index in [2.05, 4.69) is 5.32 Å². The Balaban J connectivity index is 1.74. The molecular weight excluding hydrogens is 333 g/mol. The van der Waals surface area contributed by atoms with E-state index in [0.29, 0.717) is 29.4 Å². The molecule has 0 aromatic heterocycles. The predicted octanol–water partition coefficient (Wildman–Crippen LogP) is 4.29. The van der Waals surface area contributed by atoms with Crippen LogP contribution in [0.15, 0.2) is 42.5 Å². The van der Waals surface area contributed by atoms with Crippen molar-refractivity contribution in [2.24, 2.45) is 0 Å². The Labute approximate surface area is 146 Å². The molecular formula is C18H19Cl2NO2. The monoisotopic (exact) mass is 351 g/mol. The Morgan fingerprint density at radius 1 is 1.04 bits per heavy atom. The highest BCUT2D eigenvalue weighted by Gasteiger charge is 2.08. The molecule has 0 saturated heterocycles. The van der Waals surface area contributed by atoms with Gasteiger partial charge in [0.25, 0.3) is 0 Å². The topological polar surface area (TPSA) is 38.3 Å². The van der Waals surface area contributed by atoms with E-state index in [1.165, 1.54) is 0 Å². The highest BCUT2D eigenvalue weighted by atomic mass is 35.5. The van der Waals surface area contributed by atoms with Crippen LogP contribution >= 0.6 is 23.2 Å². The first-order chi connectivity index (χ1) is 11.1. The minimum Gasteiger partial charge on any atom is -0.497 e. The summed E-state index contributed by atoms with van der Waals surface area (Å²) in [6.45, 7) is 0.599. The van der Waals surface area contributed by atoms with Gasteiger partial charge in [-0.1, -0.05) is 41.4 Å². The second-order valence-electron chi connectivity index (χ2n) is 5.15. The van der Waals surface area contributed by atoms with Gasteiger partial charge in [0.2, 0.25) is 5.91 Å². The number of halogens is 2. The van der Waals surface area contributed by atoms with E-state index >= 15 is 0 Å². The summed E-state index contributed by atoms with van der Waals surface area (Å²) in [4.78, 5) is 11.9. The van der Waals surface area contributed by atoms with Gasteiger partial charge in [0.1, 0.15) is 5.75 Å². The molecule has 0 bridgehead atoms. The fraction of sp³-hybridized carbons (Fsp3) is 0.278. The lowest BCUT2D eigenvalue weighted by atomic mass is 10.1. The Hall–Kier alpha value is -1.71. The minimum absolute atomic E-state index is 0.00509. The largest absolute Gasteiger partial charge is 0.497 e. The van der Waals surface area contributed by atoms with E-state index in [9.17, 15) is 4.79 Å². The van der Waals surface area contributed by atoms with E-state index < -0.39 is 0 Å². The number of methoxy groups -OCH3 is 1. The average Bonchev–Trinajstić information content (AvgIpc) is 2.55. The van der Waals surface area contributed by atoms with Crippen molar-refractivity contribution < 1.29 is 9.53 Å². The minimum atomic E-state index is -0.00509. The lowest BCUT2D eigenvalue weighted by Gasteiger charge is -2.08. The maximum atomic E-state index is 11.9. The molecule has 0 radical (unpaired) electrons. The zero-order valence-electron chi connectivity index (χ0n) is 12.9. The molecule has 0 fully saturated rings. The van der Waals surface area contributed by atoms with Crippen LogP contribution in [-0.4, -0.2) is 19.6 Å². The summed E-state index contributed by atoms with van der Waals surface area (Å²) in [6.07, 6.45) is 1.68. The van der Waals surface area contributed by atoms with Crippen LogP contribution in [0, 0.1) is 0 Å². The Kier molecular flexibility index (Phi) is 6.75. The molecule has 1 amide bonds. The number of rotatable bonds is 7. The van der Waals surface area contributed by atoms with Crippen molar-refractivity contribution in [3.05, 3.63) is 63.6 Å². The van der Waals surface area contributed by atoms with Crippen molar-refractivity contribution >= 4 is 29.1 Å². The van der Waals surface area contributed by atoms with Crippen molar-refractivity contribution in [1.29, 1.82) is 0 Å². The van der Waals surface area contributed by atoms with Crippen LogP contribution in [-0.2, 0) is 17.6 Å². The summed E-state index contributed by atoms with van der Waals surface area (Å²) >= 11 is 12.2. The summed E-state index contributed by atoms with van der Waals surface area (Å²) in [5.41, 5.74) is 1.97. The smallest absolute Gasteiger partial charge is 0.220 e. The molecule has 0 spiro atoms. The van der Waals surface area contributed by atoms with E-state index in [1.54, 1.807) is 25.3 Å². The summed E-state index contributed by atoms with van der Waals surface area (Å²) in [6, 6.07) is 13.2. The van der Waals surface area contributed by atoms with Gasteiger partial charge in [0, 0.05) is 23.0 Å². The van der Waals surface area contributed by atoms with Crippen LogP contribution in [0.25, 0.3) is 0 Å². The second-order valence-corrected chi connectivity index (χ2v) is 5.96. The molecule has 0 aliphatic heterocycles. The predicted molar refractivity (Wildman–Crippen MR) is 94.5 cm³/mol. The van der Waals surface area contributed by atoms with Crippen LogP contribution in [0.3, 0.4) is 0 Å². The van der Waals surface area contributed by atoms with Crippen LogP contribution in [0.2, 0.25) is 10.0 Å². The number of hydrogen-bond donors (Lipinski definition) is 1. The number of nitrogens with one attached hydrogen (secondary N) is 1. The average molecular weight is 352 g/mol. The molecule has 2 aromatic rings. The van der Waals surface area contributed by atoms with Crippen LogP contribution in [0.5, 0.6) is 5.75 Å². The Morgan fingerprint density at radius 3 is 2.30 bits per heavy atom. The number of benzene rings is 2. The van der Waals surface area contributed by atoms with Crippen LogP contribution in [0.4, 0.5) is 0 Å². The summed E-state index contributed by atoms with van der Waals surface area (Å²) in [7, 11) is 1.64. The maximum absolute atomic E-state index is 11.9. The molecule has 0 unspecified atom stereocenters. The third kappa shape index (κ3) is 5.45. The first-order valence-corrected chi connectivity index (χ1v) is 8.18. The quantitative estimate of drug-likeness (QED) is 0.807. The van der Waals surface area contributed by atoms with Crippen molar-refractivity contribution in [3.8, 4) is 5.75 Å². The highest BCUT2D eigenvalue weighted by molar-refractivity contribution is 6.36. The number of hydrogen-bond acceptors (Lipinski definition) is 2. The molecule has 3 nitrogen and oxygen atoms in total. The fourth-order valence-corrected chi connectivity index (χ4v) is 2.82. The number of amides is 1. The van der Waals surface area contributed by atoms with Crippen molar-refractivity contribution in [2.75, 3.05) is 13.7 Å². The third-order valence-corrected chi connectivity index (χ3v) is 4.27. The zero-order chi connectivity index (χ0) is 16.7. The molecule has 1 N–H and O–H groups in total. The summed E-state index contributed by atoms with van der Waals surface area (Å²) in [5, 5.41) is 4.11. The Morgan fingerprint density at radius 2 is 1.70 bits per heavy atom. The van der Waals surface area contributed by atoms with E-state index in [4.69, 9.17) is 27.9 Å². The van der Waals surface area contributed by atoms with E-state index in [1.807, 2.05) is 24.3 Å². The molecule has 0 atom stereocenters. The zero-order valence-corrected chi connectivity index (χ0v) is 14.5. The highest BCUT2D eigenvalue weighted by Crippen LogP contribution is 2.25. The molecule has 0 aliphatic carbocycles. The van der Waals surface area contributed by atoms with Crippen LogP contribution in [0.1, 0.15) is 17.5 Å². The van der Waals surface area contributed by atoms with Crippen LogP contribution < -0.4 is 10.1 Å². The van der Waals surface area contributed by atoms with Gasteiger partial charge in [-0.3, -0.25) is 4.79 Å². The Bertz CT molecular complexity index is 636. The molecule has 2 rings (SSSR count). The van der Waals surface area contributed by atoms with Gasteiger partial charge in [-0.2, -0.15) is 0 Å². The first kappa shape index (κ1) is 17.6. The molecule has 2 aromatic carbocycles. The molecule has 0 heterocycles. The number of carbonyl (C=O) groups excluding carboxylic acids is 1. The first-order valence-electron chi connectivity index (χ1n) is 7.42. The number of carbonyl (C=O) groups is 1. The van der Waals surface area contributed by atoms with Crippen molar-refractivity contribution in [2.45, 2.75) is 19.3 Å².